The van der Waals surface area contributed by atoms with Gasteiger partial charge in [0.2, 0.25) is 0 Å². The fourth-order valence-electron chi connectivity index (χ4n) is 1.81. The lowest BCUT2D eigenvalue weighted by atomic mass is 10.3. The third-order valence-corrected chi connectivity index (χ3v) is 8.99. The summed E-state index contributed by atoms with van der Waals surface area (Å²) in [6, 6.07) is 9.64. The average Bonchev–Trinajstić information content (AvgIpc) is 2.38. The van der Waals surface area contributed by atoms with E-state index in [2.05, 4.69) is 13.2 Å². The Labute approximate surface area is 124 Å². The van der Waals surface area contributed by atoms with Crippen molar-refractivity contribution in [3.8, 4) is 5.75 Å². The minimum Gasteiger partial charge on any atom is -0.518 e. The van der Waals surface area contributed by atoms with E-state index in [4.69, 9.17) is 13.0 Å². The van der Waals surface area contributed by atoms with Crippen molar-refractivity contribution in [3.63, 3.8) is 0 Å². The third-order valence-electron chi connectivity index (χ3n) is 2.68. The molecule has 0 spiro atoms. The van der Waals surface area contributed by atoms with Crippen molar-refractivity contribution >= 4 is 17.1 Å². The molecular formula is C15H24O3Si2. The second kappa shape index (κ2) is 7.03. The van der Waals surface area contributed by atoms with E-state index in [-0.39, 0.29) is 6.10 Å². The number of hydrogen-bond donors (Lipinski definition) is 0. The maximum Gasteiger partial charge on any atom is 0.413 e. The van der Waals surface area contributed by atoms with Crippen molar-refractivity contribution in [1.82, 2.24) is 0 Å². The Bertz CT molecular complexity index is 450. The van der Waals surface area contributed by atoms with E-state index < -0.39 is 17.1 Å². The smallest absolute Gasteiger partial charge is 0.413 e. The Kier molecular flexibility index (Phi) is 5.94. The van der Waals surface area contributed by atoms with Crippen LogP contribution < -0.4 is 4.43 Å². The van der Waals surface area contributed by atoms with Crippen molar-refractivity contribution in [3.05, 3.63) is 54.9 Å². The number of hydrogen-bond acceptors (Lipinski definition) is 3. The average molecular weight is 309 g/mol. The van der Waals surface area contributed by atoms with Crippen LogP contribution in [0.3, 0.4) is 0 Å². The van der Waals surface area contributed by atoms with Crippen LogP contribution >= 0.6 is 0 Å². The molecule has 2 atom stereocenters. The van der Waals surface area contributed by atoms with Crippen LogP contribution in [0.4, 0.5) is 0 Å². The Morgan fingerprint density at radius 1 is 1.00 bits per heavy atom. The van der Waals surface area contributed by atoms with Gasteiger partial charge in [0.05, 0.1) is 0 Å². The lowest BCUT2D eigenvalue weighted by Gasteiger charge is -2.34. The van der Waals surface area contributed by atoms with E-state index in [1.165, 1.54) is 0 Å². The van der Waals surface area contributed by atoms with E-state index in [0.717, 1.165) is 5.75 Å². The Morgan fingerprint density at radius 3 is 2.00 bits per heavy atom. The zero-order valence-corrected chi connectivity index (χ0v) is 14.8. The van der Waals surface area contributed by atoms with Gasteiger partial charge in [-0.25, -0.2) is 0 Å². The first-order valence-electron chi connectivity index (χ1n) is 6.72. The molecule has 0 radical (unpaired) electrons. The molecule has 1 aromatic carbocycles. The summed E-state index contributed by atoms with van der Waals surface area (Å²) < 4.78 is 18.2. The van der Waals surface area contributed by atoms with E-state index in [0.29, 0.717) is 0 Å². The van der Waals surface area contributed by atoms with Crippen molar-refractivity contribution in [2.24, 2.45) is 0 Å². The number of rotatable bonds is 8. The van der Waals surface area contributed by atoms with E-state index in [1.807, 2.05) is 57.3 Å². The van der Waals surface area contributed by atoms with Crippen LogP contribution in [0.1, 0.15) is 13.8 Å². The molecule has 3 nitrogen and oxygen atoms in total. The molecule has 1 rings (SSSR count). The van der Waals surface area contributed by atoms with Crippen LogP contribution in [0.15, 0.2) is 54.9 Å². The minimum absolute atomic E-state index is 0.0875. The Morgan fingerprint density at radius 2 is 1.55 bits per heavy atom. The highest BCUT2D eigenvalue weighted by molar-refractivity contribution is 6.85. The lowest BCUT2D eigenvalue weighted by molar-refractivity contribution is 0.184. The second-order valence-electron chi connectivity index (χ2n) is 5.12. The molecule has 0 heterocycles. The fraction of sp³-hybridized carbons (Fsp3) is 0.333. The van der Waals surface area contributed by atoms with Gasteiger partial charge in [0.1, 0.15) is 5.75 Å². The van der Waals surface area contributed by atoms with Crippen molar-refractivity contribution in [1.29, 1.82) is 0 Å². The van der Waals surface area contributed by atoms with Gasteiger partial charge in [0, 0.05) is 6.10 Å². The van der Waals surface area contributed by atoms with E-state index in [1.54, 1.807) is 11.4 Å². The summed E-state index contributed by atoms with van der Waals surface area (Å²) in [5.74, 6) is 0.784. The quantitative estimate of drug-likeness (QED) is 0.677. The summed E-state index contributed by atoms with van der Waals surface area (Å²) in [5, 5.41) is 0. The van der Waals surface area contributed by atoms with Gasteiger partial charge in [-0.3, -0.25) is 0 Å². The monoisotopic (exact) mass is 308 g/mol. The lowest BCUT2D eigenvalue weighted by Crippen LogP contribution is -2.53. The Balaban J connectivity index is 2.88. The molecule has 1 aromatic rings. The number of para-hydroxylation sites is 1. The molecule has 0 saturated carbocycles. The van der Waals surface area contributed by atoms with Gasteiger partial charge in [-0.1, -0.05) is 23.9 Å². The van der Waals surface area contributed by atoms with Crippen LogP contribution in [-0.2, 0) is 8.54 Å². The molecular weight excluding hydrogens is 284 g/mol. The van der Waals surface area contributed by atoms with Crippen LogP contribution in [0, 0.1) is 0 Å². The molecule has 0 aromatic heterocycles. The highest BCUT2D eigenvalue weighted by Crippen LogP contribution is 2.23. The molecule has 0 aliphatic heterocycles. The summed E-state index contributed by atoms with van der Waals surface area (Å²) in [6.45, 7) is 15.6. The van der Waals surface area contributed by atoms with Crippen molar-refractivity contribution in [2.45, 2.75) is 33.0 Å². The maximum atomic E-state index is 6.24. The van der Waals surface area contributed by atoms with Gasteiger partial charge in [0.15, 0.2) is 0 Å². The number of benzene rings is 1. The Hall–Kier alpha value is -1.15. The van der Waals surface area contributed by atoms with Crippen LogP contribution in [-0.4, -0.2) is 23.2 Å². The normalized spacial score (nSPS) is 17.1. The fourth-order valence-corrected chi connectivity index (χ4v) is 7.78. The largest absolute Gasteiger partial charge is 0.518 e. The predicted octanol–water partition coefficient (Wildman–Crippen LogP) is 4.10. The molecule has 110 valence electrons. The van der Waals surface area contributed by atoms with Crippen LogP contribution in [0.25, 0.3) is 0 Å². The van der Waals surface area contributed by atoms with Gasteiger partial charge in [0.25, 0.3) is 0 Å². The van der Waals surface area contributed by atoms with Crippen LogP contribution in [0.5, 0.6) is 5.75 Å². The molecule has 0 aliphatic rings. The predicted molar refractivity (Wildman–Crippen MR) is 88.0 cm³/mol. The molecule has 2 unspecified atom stereocenters. The van der Waals surface area contributed by atoms with Gasteiger partial charge < -0.3 is 13.0 Å². The minimum atomic E-state index is -2.56. The summed E-state index contributed by atoms with van der Waals surface area (Å²) in [5.41, 5.74) is 3.56. The van der Waals surface area contributed by atoms with Gasteiger partial charge in [-0.15, -0.1) is 13.2 Å². The first-order chi connectivity index (χ1) is 9.32. The summed E-state index contributed by atoms with van der Waals surface area (Å²) in [7, 11) is -5.03. The van der Waals surface area contributed by atoms with Gasteiger partial charge >= 0.3 is 17.1 Å². The first-order valence-corrected chi connectivity index (χ1v) is 11.5. The molecule has 0 N–H and O–H groups in total. The molecule has 0 amide bonds. The van der Waals surface area contributed by atoms with Crippen molar-refractivity contribution < 1.29 is 13.0 Å². The zero-order valence-electron chi connectivity index (χ0n) is 12.8. The molecule has 0 fully saturated rings. The first kappa shape index (κ1) is 16.9. The molecule has 0 saturated heterocycles. The van der Waals surface area contributed by atoms with Crippen molar-refractivity contribution in [2.75, 3.05) is 0 Å². The van der Waals surface area contributed by atoms with Gasteiger partial charge in [-0.2, -0.15) is 0 Å². The highest BCUT2D eigenvalue weighted by Gasteiger charge is 2.41. The highest BCUT2D eigenvalue weighted by atomic mass is 28.5. The molecule has 0 aliphatic carbocycles. The van der Waals surface area contributed by atoms with Crippen LogP contribution in [0.2, 0.25) is 13.1 Å². The topological polar surface area (TPSA) is 27.7 Å². The van der Waals surface area contributed by atoms with E-state index in [9.17, 15) is 0 Å². The molecule has 0 bridgehead atoms. The van der Waals surface area contributed by atoms with Gasteiger partial charge in [-0.05, 0) is 44.8 Å². The standard InChI is InChI=1S/C15H24O3Si2/c1-7-19(5,16-14(3)4)18-20(6,8-2)17-15-12-10-9-11-13-15/h7-14H,1-2H2,3-6H3. The zero-order chi connectivity index (χ0) is 15.2. The third kappa shape index (κ3) is 5.09. The molecule has 20 heavy (non-hydrogen) atoms. The summed E-state index contributed by atoms with van der Waals surface area (Å²) >= 11 is 0. The molecule has 5 heteroatoms. The van der Waals surface area contributed by atoms with E-state index >= 15 is 0 Å². The maximum absolute atomic E-state index is 6.24. The summed E-state index contributed by atoms with van der Waals surface area (Å²) in [6.07, 6.45) is 0.0875. The second-order valence-corrected chi connectivity index (χ2v) is 11.3. The summed E-state index contributed by atoms with van der Waals surface area (Å²) in [4.78, 5) is 0. The SMILES string of the molecule is C=C[Si](C)(Oc1ccccc1)O[Si](C)(C=C)OC(C)C.